The van der Waals surface area contributed by atoms with Gasteiger partial charge in [0.25, 0.3) is 0 Å². The van der Waals surface area contributed by atoms with Gasteiger partial charge in [-0.2, -0.15) is 0 Å². The largest absolute Gasteiger partial charge is 0.295 e. The van der Waals surface area contributed by atoms with Crippen molar-refractivity contribution in [1.82, 2.24) is 0 Å². The first-order valence-electron chi connectivity index (χ1n) is 9.26. The average molecular weight is 344 g/mol. The fourth-order valence-corrected chi connectivity index (χ4v) is 7.42. The highest BCUT2D eigenvalue weighted by molar-refractivity contribution is 7.80. The normalized spacial score (nSPS) is 46.8. The maximum atomic E-state index is 11.9. The molecule has 1 heterocycles. The Morgan fingerprint density at radius 3 is 2.88 bits per heavy atom. The van der Waals surface area contributed by atoms with Crippen LogP contribution in [0, 0.1) is 17.3 Å². The van der Waals surface area contributed by atoms with E-state index in [2.05, 4.69) is 19.1 Å². The lowest BCUT2D eigenvalue weighted by Crippen LogP contribution is -2.47. The minimum Gasteiger partial charge on any atom is -0.295 e. The number of ketones is 1. The molecule has 0 aromatic rings. The Balaban J connectivity index is 1.60. The number of allylic oxidation sites excluding steroid dienone is 5. The average Bonchev–Trinajstić information content (AvgIpc) is 3.08. The molecule has 1 unspecified atom stereocenters. The summed E-state index contributed by atoms with van der Waals surface area (Å²) < 4.78 is 18.0. The molecule has 128 valence electrons. The number of hydrogen-bond acceptors (Lipinski definition) is 3. The number of fused-ring (bicyclic) bond motifs is 5. The summed E-state index contributed by atoms with van der Waals surface area (Å²) in [4.78, 5) is 11.7. The van der Waals surface area contributed by atoms with Gasteiger partial charge in [-0.1, -0.05) is 19.1 Å². The van der Waals surface area contributed by atoms with Crippen molar-refractivity contribution >= 4 is 16.9 Å². The molecule has 1 saturated heterocycles. The van der Waals surface area contributed by atoms with Gasteiger partial charge < -0.3 is 0 Å². The van der Waals surface area contributed by atoms with E-state index in [0.29, 0.717) is 29.8 Å². The van der Waals surface area contributed by atoms with Crippen LogP contribution in [0.15, 0.2) is 34.9 Å². The predicted octanol–water partition coefficient (Wildman–Crippen LogP) is 3.79. The van der Waals surface area contributed by atoms with E-state index in [-0.39, 0.29) is 11.0 Å². The molecule has 1 saturated carbocycles. The van der Waals surface area contributed by atoms with Crippen LogP contribution < -0.4 is 0 Å². The molecule has 24 heavy (non-hydrogen) atoms. The van der Waals surface area contributed by atoms with Crippen LogP contribution in [0.5, 0.6) is 0 Å². The van der Waals surface area contributed by atoms with Crippen molar-refractivity contribution in [2.75, 3.05) is 5.75 Å². The Labute approximate surface area is 145 Å². The van der Waals surface area contributed by atoms with E-state index < -0.39 is 11.1 Å². The summed E-state index contributed by atoms with van der Waals surface area (Å²) in [5, 5.41) is 0. The summed E-state index contributed by atoms with van der Waals surface area (Å²) in [6.45, 7) is 2.33. The van der Waals surface area contributed by atoms with Gasteiger partial charge in [-0.25, -0.2) is 4.21 Å². The summed E-state index contributed by atoms with van der Waals surface area (Å²) in [5.41, 5.74) is 4.00. The number of carbonyl (C=O) groups excluding carboxylic acids is 1. The lowest BCUT2D eigenvalue weighted by atomic mass is 9.58. The lowest BCUT2D eigenvalue weighted by Gasteiger charge is -2.48. The molecule has 5 rings (SSSR count). The molecule has 2 fully saturated rings. The van der Waals surface area contributed by atoms with Crippen molar-refractivity contribution in [3.63, 3.8) is 0 Å². The molecule has 1 aliphatic heterocycles. The molecule has 4 aliphatic carbocycles. The molecule has 0 aromatic heterocycles. The highest BCUT2D eigenvalue weighted by Gasteiger charge is 2.63. The van der Waals surface area contributed by atoms with Gasteiger partial charge in [-0.15, -0.1) is 0 Å². The van der Waals surface area contributed by atoms with Gasteiger partial charge in [0.15, 0.2) is 16.9 Å². The van der Waals surface area contributed by atoms with Gasteiger partial charge in [0, 0.05) is 11.8 Å². The van der Waals surface area contributed by atoms with E-state index in [0.717, 1.165) is 38.5 Å². The Kier molecular flexibility index (Phi) is 3.19. The molecule has 0 amide bonds. The van der Waals surface area contributed by atoms with Crippen LogP contribution in [0.4, 0.5) is 0 Å². The van der Waals surface area contributed by atoms with Crippen LogP contribution in [0.2, 0.25) is 0 Å². The van der Waals surface area contributed by atoms with Crippen molar-refractivity contribution in [2.45, 2.75) is 57.5 Å². The van der Waals surface area contributed by atoms with Gasteiger partial charge in [0.1, 0.15) is 0 Å². The molecule has 0 aromatic carbocycles. The second-order valence-electron chi connectivity index (χ2n) is 8.31. The smallest absolute Gasteiger partial charge is 0.156 e. The van der Waals surface area contributed by atoms with Crippen molar-refractivity contribution < 1.29 is 13.2 Å². The highest BCUT2D eigenvalue weighted by Crippen LogP contribution is 2.64. The van der Waals surface area contributed by atoms with Gasteiger partial charge in [-0.05, 0) is 73.2 Å². The minimum absolute atomic E-state index is 0.000406. The number of carbonyl (C=O) groups is 1. The fourth-order valence-electron chi connectivity index (χ4n) is 6.14. The Hall–Kier alpha value is -1.00. The number of hydrogen-bond donors (Lipinski definition) is 0. The Morgan fingerprint density at radius 1 is 1.21 bits per heavy atom. The zero-order chi connectivity index (χ0) is 16.5. The zero-order valence-corrected chi connectivity index (χ0v) is 15.0. The third-order valence-electron chi connectivity index (χ3n) is 7.45. The quantitative estimate of drug-likeness (QED) is 0.671. The van der Waals surface area contributed by atoms with Gasteiger partial charge in [0.2, 0.25) is 0 Å². The van der Waals surface area contributed by atoms with Crippen LogP contribution >= 0.6 is 0 Å². The second-order valence-corrected chi connectivity index (χ2v) is 9.49. The Bertz CT molecular complexity index is 746. The summed E-state index contributed by atoms with van der Waals surface area (Å²) in [6.07, 6.45) is 13.5. The van der Waals surface area contributed by atoms with E-state index in [9.17, 15) is 9.00 Å². The third kappa shape index (κ3) is 1.87. The van der Waals surface area contributed by atoms with Gasteiger partial charge in [0.05, 0.1) is 11.4 Å². The van der Waals surface area contributed by atoms with Crippen LogP contribution in [-0.4, -0.2) is 21.3 Å². The molecule has 0 radical (unpaired) electrons. The van der Waals surface area contributed by atoms with Gasteiger partial charge in [-0.3, -0.25) is 8.98 Å². The zero-order valence-electron chi connectivity index (χ0n) is 14.2. The van der Waals surface area contributed by atoms with Crippen LogP contribution in [0.1, 0.15) is 51.9 Å². The molecular weight excluding hydrogens is 320 g/mol. The first kappa shape index (κ1) is 15.3. The van der Waals surface area contributed by atoms with E-state index in [1.807, 2.05) is 6.08 Å². The summed E-state index contributed by atoms with van der Waals surface area (Å²) in [5.74, 6) is 2.14. The summed E-state index contributed by atoms with van der Waals surface area (Å²) in [7, 11) is 0. The summed E-state index contributed by atoms with van der Waals surface area (Å²) >= 11 is -1.11. The van der Waals surface area contributed by atoms with E-state index in [4.69, 9.17) is 4.18 Å². The first-order chi connectivity index (χ1) is 11.5. The van der Waals surface area contributed by atoms with Gasteiger partial charge >= 0.3 is 0 Å². The molecule has 0 bridgehead atoms. The first-order valence-corrected chi connectivity index (χ1v) is 10.5. The topological polar surface area (TPSA) is 43.4 Å². The van der Waals surface area contributed by atoms with E-state index in [1.165, 1.54) is 16.7 Å². The minimum atomic E-state index is -1.11. The molecule has 3 nitrogen and oxygen atoms in total. The molecule has 5 aliphatic rings. The van der Waals surface area contributed by atoms with Crippen molar-refractivity contribution in [1.29, 1.82) is 0 Å². The van der Waals surface area contributed by atoms with E-state index >= 15 is 0 Å². The third-order valence-corrected chi connectivity index (χ3v) is 8.49. The monoisotopic (exact) mass is 344 g/mol. The van der Waals surface area contributed by atoms with Crippen LogP contribution in [0.25, 0.3) is 0 Å². The predicted molar refractivity (Wildman–Crippen MR) is 93.5 cm³/mol. The van der Waals surface area contributed by atoms with Crippen LogP contribution in [-0.2, 0) is 20.1 Å². The highest BCUT2D eigenvalue weighted by atomic mass is 32.2. The number of rotatable bonds is 0. The fraction of sp³-hybridized carbons (Fsp3) is 0.650. The molecule has 0 N–H and O–H groups in total. The molecule has 4 heteroatoms. The SMILES string of the molecule is C[C@]12C=CC3=C4CCC(=O)C=C4CC[C@H]3[C@@H]1CC[C@@]21CCS(=O)O1. The van der Waals surface area contributed by atoms with E-state index in [1.54, 1.807) is 0 Å². The standard InChI is InChI=1S/C20H24O3S/c1-19-8-6-16-15-5-3-14(21)12-13(15)2-4-17(16)18(19)7-9-20(19)10-11-24(22)23-20/h6,8,12,17-18H,2-5,7,9-11H2,1H3/t17-,18+,19+,20-,24?/m1/s1. The van der Waals surface area contributed by atoms with Crippen molar-refractivity contribution in [2.24, 2.45) is 17.3 Å². The van der Waals surface area contributed by atoms with Crippen molar-refractivity contribution in [3.8, 4) is 0 Å². The lowest BCUT2D eigenvalue weighted by molar-refractivity contribution is -0.114. The summed E-state index contributed by atoms with van der Waals surface area (Å²) in [6, 6.07) is 0. The molecule has 1 spiro atoms. The second kappa shape index (κ2) is 5.01. The van der Waals surface area contributed by atoms with Crippen LogP contribution in [0.3, 0.4) is 0 Å². The maximum absolute atomic E-state index is 11.9. The molecular formula is C20H24O3S. The van der Waals surface area contributed by atoms with Crippen molar-refractivity contribution in [3.05, 3.63) is 34.9 Å². The maximum Gasteiger partial charge on any atom is 0.156 e. The molecule has 5 atom stereocenters. The Morgan fingerprint density at radius 2 is 2.08 bits per heavy atom.